The van der Waals surface area contributed by atoms with Crippen LogP contribution in [0.15, 0.2) is 57.4 Å². The van der Waals surface area contributed by atoms with Crippen molar-refractivity contribution in [2.45, 2.75) is 13.0 Å². The molecule has 0 spiro atoms. The number of anilines is 1. The first-order valence-corrected chi connectivity index (χ1v) is 7.13. The molecule has 0 radical (unpaired) electrons. The number of nitrogens with one attached hydrogen (secondary N) is 1. The molecule has 0 aliphatic heterocycles. The molecule has 2 nitrogen and oxygen atoms in total. The van der Waals surface area contributed by atoms with Gasteiger partial charge in [-0.25, -0.2) is 4.39 Å². The molecule has 1 unspecified atom stereocenters. The lowest BCUT2D eigenvalue weighted by molar-refractivity contribution is 0.524. The highest BCUT2D eigenvalue weighted by molar-refractivity contribution is 9.10. The SMILES string of the molecule is CC(Nc1cc(Br)ccc1F)c1cc2ccccc2o1. The van der Waals surface area contributed by atoms with Crippen molar-refractivity contribution in [3.63, 3.8) is 0 Å². The highest BCUT2D eigenvalue weighted by Gasteiger charge is 2.13. The van der Waals surface area contributed by atoms with Gasteiger partial charge in [-0.1, -0.05) is 34.1 Å². The van der Waals surface area contributed by atoms with Crippen molar-refractivity contribution in [1.82, 2.24) is 0 Å². The minimum Gasteiger partial charge on any atom is -0.459 e. The highest BCUT2D eigenvalue weighted by Crippen LogP contribution is 2.28. The minimum absolute atomic E-state index is 0.119. The first-order valence-electron chi connectivity index (χ1n) is 6.33. The van der Waals surface area contributed by atoms with Crippen LogP contribution in [0, 0.1) is 5.82 Å². The zero-order valence-corrected chi connectivity index (χ0v) is 12.4. The summed E-state index contributed by atoms with van der Waals surface area (Å²) in [5.74, 6) is 0.502. The number of benzene rings is 2. The summed E-state index contributed by atoms with van der Waals surface area (Å²) in [6.07, 6.45) is 0. The smallest absolute Gasteiger partial charge is 0.146 e. The van der Waals surface area contributed by atoms with Gasteiger partial charge in [-0.3, -0.25) is 0 Å². The van der Waals surface area contributed by atoms with Crippen LogP contribution in [0.4, 0.5) is 10.1 Å². The van der Waals surface area contributed by atoms with Gasteiger partial charge < -0.3 is 9.73 Å². The van der Waals surface area contributed by atoms with Crippen molar-refractivity contribution in [2.75, 3.05) is 5.32 Å². The van der Waals surface area contributed by atoms with E-state index in [1.807, 2.05) is 37.3 Å². The van der Waals surface area contributed by atoms with Crippen LogP contribution in [0.1, 0.15) is 18.7 Å². The van der Waals surface area contributed by atoms with Crippen LogP contribution in [-0.2, 0) is 0 Å². The Hall–Kier alpha value is -1.81. The van der Waals surface area contributed by atoms with E-state index in [9.17, 15) is 4.39 Å². The molecule has 4 heteroatoms. The molecule has 0 amide bonds. The highest BCUT2D eigenvalue weighted by atomic mass is 79.9. The summed E-state index contributed by atoms with van der Waals surface area (Å²) in [6, 6.07) is 14.5. The van der Waals surface area contributed by atoms with Crippen molar-refractivity contribution >= 4 is 32.6 Å². The summed E-state index contributed by atoms with van der Waals surface area (Å²) in [5, 5.41) is 4.18. The molecular formula is C16H13BrFNO. The third-order valence-electron chi connectivity index (χ3n) is 3.17. The van der Waals surface area contributed by atoms with Gasteiger partial charge in [0.05, 0.1) is 11.7 Å². The van der Waals surface area contributed by atoms with Crippen molar-refractivity contribution in [2.24, 2.45) is 0 Å². The third-order valence-corrected chi connectivity index (χ3v) is 3.67. The summed E-state index contributed by atoms with van der Waals surface area (Å²) < 4.78 is 20.3. The molecule has 1 aromatic heterocycles. The van der Waals surface area contributed by atoms with Gasteiger partial charge >= 0.3 is 0 Å². The molecule has 0 aliphatic carbocycles. The Bertz CT molecular complexity index is 720. The lowest BCUT2D eigenvalue weighted by Gasteiger charge is -2.13. The molecule has 3 rings (SSSR count). The number of hydrogen-bond donors (Lipinski definition) is 1. The maximum Gasteiger partial charge on any atom is 0.146 e. The average Bonchev–Trinajstić information content (AvgIpc) is 2.87. The van der Waals surface area contributed by atoms with Gasteiger partial charge in [0.2, 0.25) is 0 Å². The van der Waals surface area contributed by atoms with Crippen LogP contribution in [0.2, 0.25) is 0 Å². The van der Waals surface area contributed by atoms with E-state index in [1.165, 1.54) is 6.07 Å². The predicted molar refractivity (Wildman–Crippen MR) is 82.4 cm³/mol. The predicted octanol–water partition coefficient (Wildman–Crippen LogP) is 5.51. The number of halogens is 2. The molecule has 3 aromatic rings. The molecule has 102 valence electrons. The number of para-hydroxylation sites is 1. The maximum absolute atomic E-state index is 13.7. The quantitative estimate of drug-likeness (QED) is 0.683. The lowest BCUT2D eigenvalue weighted by Crippen LogP contribution is -2.06. The van der Waals surface area contributed by atoms with Crippen molar-refractivity contribution < 1.29 is 8.81 Å². The number of hydrogen-bond acceptors (Lipinski definition) is 2. The summed E-state index contributed by atoms with van der Waals surface area (Å²) in [6.45, 7) is 1.94. The van der Waals surface area contributed by atoms with E-state index in [4.69, 9.17) is 4.42 Å². The van der Waals surface area contributed by atoms with Gasteiger partial charge in [-0.2, -0.15) is 0 Å². The molecule has 2 aromatic carbocycles. The standard InChI is InChI=1S/C16H13BrFNO/c1-10(19-14-9-12(17)6-7-13(14)18)16-8-11-4-2-3-5-15(11)20-16/h2-10,19H,1H3. The summed E-state index contributed by atoms with van der Waals surface area (Å²) >= 11 is 3.34. The second-order valence-electron chi connectivity index (χ2n) is 4.68. The molecule has 0 saturated heterocycles. The molecule has 1 atom stereocenters. The lowest BCUT2D eigenvalue weighted by atomic mass is 10.2. The topological polar surface area (TPSA) is 25.2 Å². The van der Waals surface area contributed by atoms with Crippen LogP contribution in [0.5, 0.6) is 0 Å². The van der Waals surface area contributed by atoms with Gasteiger partial charge in [0.15, 0.2) is 0 Å². The van der Waals surface area contributed by atoms with Gasteiger partial charge in [0.25, 0.3) is 0 Å². The molecule has 1 heterocycles. The van der Waals surface area contributed by atoms with E-state index in [1.54, 1.807) is 12.1 Å². The van der Waals surface area contributed by atoms with Gasteiger partial charge in [-0.05, 0) is 37.3 Å². The first kappa shape index (κ1) is 13.2. The molecule has 0 bridgehead atoms. The Labute approximate surface area is 124 Å². The summed E-state index contributed by atoms with van der Waals surface area (Å²) in [4.78, 5) is 0. The Kier molecular flexibility index (Phi) is 3.49. The Morgan fingerprint density at radius 1 is 1.15 bits per heavy atom. The number of fused-ring (bicyclic) bond motifs is 1. The van der Waals surface area contributed by atoms with Crippen LogP contribution in [-0.4, -0.2) is 0 Å². The zero-order chi connectivity index (χ0) is 14.1. The molecule has 20 heavy (non-hydrogen) atoms. The first-order chi connectivity index (χ1) is 9.63. The fraction of sp³-hybridized carbons (Fsp3) is 0.125. The monoisotopic (exact) mass is 333 g/mol. The van der Waals surface area contributed by atoms with Crippen molar-refractivity contribution in [1.29, 1.82) is 0 Å². The Morgan fingerprint density at radius 3 is 2.75 bits per heavy atom. The number of furan rings is 1. The van der Waals surface area contributed by atoms with E-state index in [2.05, 4.69) is 21.2 Å². The van der Waals surface area contributed by atoms with Crippen LogP contribution >= 0.6 is 15.9 Å². The third kappa shape index (κ3) is 2.56. The minimum atomic E-state index is -0.281. The van der Waals surface area contributed by atoms with E-state index < -0.39 is 0 Å². The Morgan fingerprint density at radius 2 is 1.95 bits per heavy atom. The van der Waals surface area contributed by atoms with Gasteiger partial charge in [0.1, 0.15) is 17.2 Å². The maximum atomic E-state index is 13.7. The zero-order valence-electron chi connectivity index (χ0n) is 10.9. The van der Waals surface area contributed by atoms with Crippen LogP contribution in [0.25, 0.3) is 11.0 Å². The van der Waals surface area contributed by atoms with Crippen LogP contribution in [0.3, 0.4) is 0 Å². The molecule has 0 saturated carbocycles. The fourth-order valence-electron chi connectivity index (χ4n) is 2.13. The molecule has 0 fully saturated rings. The second-order valence-corrected chi connectivity index (χ2v) is 5.59. The molecular weight excluding hydrogens is 321 g/mol. The second kappa shape index (κ2) is 5.29. The van der Waals surface area contributed by atoms with E-state index in [0.29, 0.717) is 5.69 Å². The van der Waals surface area contributed by atoms with E-state index in [0.717, 1.165) is 21.2 Å². The number of rotatable bonds is 3. The Balaban J connectivity index is 1.88. The average molecular weight is 334 g/mol. The molecule has 0 aliphatic rings. The van der Waals surface area contributed by atoms with Crippen molar-refractivity contribution in [3.05, 3.63) is 64.6 Å². The summed E-state index contributed by atoms with van der Waals surface area (Å²) in [7, 11) is 0. The van der Waals surface area contributed by atoms with E-state index in [-0.39, 0.29) is 11.9 Å². The largest absolute Gasteiger partial charge is 0.459 e. The van der Waals surface area contributed by atoms with Crippen LogP contribution < -0.4 is 5.32 Å². The van der Waals surface area contributed by atoms with Gasteiger partial charge in [-0.15, -0.1) is 0 Å². The summed E-state index contributed by atoms with van der Waals surface area (Å²) in [5.41, 5.74) is 1.29. The normalized spacial score (nSPS) is 12.6. The van der Waals surface area contributed by atoms with E-state index >= 15 is 0 Å². The van der Waals surface area contributed by atoms with Crippen molar-refractivity contribution in [3.8, 4) is 0 Å². The van der Waals surface area contributed by atoms with Gasteiger partial charge in [0, 0.05) is 9.86 Å². The molecule has 1 N–H and O–H groups in total. The fourth-order valence-corrected chi connectivity index (χ4v) is 2.49.